The third-order valence-electron chi connectivity index (χ3n) is 6.38. The van der Waals surface area contributed by atoms with Crippen LogP contribution in [-0.2, 0) is 0 Å². The summed E-state index contributed by atoms with van der Waals surface area (Å²) in [4.78, 5) is 15.2. The van der Waals surface area contributed by atoms with Gasteiger partial charge >= 0.3 is 0 Å². The third-order valence-corrected chi connectivity index (χ3v) is 6.38. The van der Waals surface area contributed by atoms with Crippen molar-refractivity contribution in [2.75, 3.05) is 0 Å². The van der Waals surface area contributed by atoms with Gasteiger partial charge < -0.3 is 0 Å². The first-order chi connectivity index (χ1) is 17.3. The molecule has 0 aliphatic heterocycles. The molecule has 35 heavy (non-hydrogen) atoms. The van der Waals surface area contributed by atoms with E-state index < -0.39 is 0 Å². The molecule has 4 nitrogen and oxygen atoms in total. The van der Waals surface area contributed by atoms with Gasteiger partial charge in [-0.2, -0.15) is 0 Å². The SMILES string of the molecule is c1ccc(-c2cc(-c3ccccc3)nc(-c3nc4ccccc4c4nc5ccccc5n34)c2)cc1. The summed E-state index contributed by atoms with van der Waals surface area (Å²) in [5, 5.41) is 1.02. The van der Waals surface area contributed by atoms with E-state index >= 15 is 0 Å². The predicted octanol–water partition coefficient (Wildman–Crippen LogP) is 7.43. The van der Waals surface area contributed by atoms with Gasteiger partial charge in [0.1, 0.15) is 11.3 Å². The first-order valence-electron chi connectivity index (χ1n) is 11.6. The maximum Gasteiger partial charge on any atom is 0.165 e. The van der Waals surface area contributed by atoms with Crippen LogP contribution in [0.25, 0.3) is 61.5 Å². The van der Waals surface area contributed by atoms with E-state index in [1.165, 1.54) is 0 Å². The first kappa shape index (κ1) is 19.6. The highest BCUT2D eigenvalue weighted by atomic mass is 15.1. The number of fused-ring (bicyclic) bond motifs is 5. The Balaban J connectivity index is 1.60. The van der Waals surface area contributed by atoms with Gasteiger partial charge in [-0.05, 0) is 47.5 Å². The summed E-state index contributed by atoms with van der Waals surface area (Å²) in [5.74, 6) is 0.780. The van der Waals surface area contributed by atoms with E-state index in [1.54, 1.807) is 0 Å². The van der Waals surface area contributed by atoms with Gasteiger partial charge in [-0.15, -0.1) is 0 Å². The Morgan fingerprint density at radius 2 is 1.09 bits per heavy atom. The van der Waals surface area contributed by atoms with Crippen molar-refractivity contribution in [1.29, 1.82) is 0 Å². The number of benzene rings is 4. The molecular formula is C31H20N4. The molecular weight excluding hydrogens is 428 g/mol. The van der Waals surface area contributed by atoms with Crippen molar-refractivity contribution >= 4 is 27.6 Å². The van der Waals surface area contributed by atoms with Crippen molar-refractivity contribution in [2.24, 2.45) is 0 Å². The Morgan fingerprint density at radius 1 is 0.457 bits per heavy atom. The molecule has 0 spiro atoms. The molecule has 3 aromatic heterocycles. The van der Waals surface area contributed by atoms with Gasteiger partial charge in [-0.25, -0.2) is 15.0 Å². The highest BCUT2D eigenvalue weighted by molar-refractivity contribution is 5.98. The van der Waals surface area contributed by atoms with E-state index in [4.69, 9.17) is 15.0 Å². The minimum Gasteiger partial charge on any atom is -0.274 e. The van der Waals surface area contributed by atoms with Crippen molar-refractivity contribution in [3.05, 3.63) is 121 Å². The molecule has 0 radical (unpaired) electrons. The van der Waals surface area contributed by atoms with Crippen LogP contribution in [0.15, 0.2) is 121 Å². The van der Waals surface area contributed by atoms with E-state index in [0.29, 0.717) is 0 Å². The summed E-state index contributed by atoms with van der Waals surface area (Å²) in [5.41, 5.74) is 8.78. The molecule has 7 aromatic rings. The topological polar surface area (TPSA) is 43.1 Å². The molecule has 0 fully saturated rings. The molecule has 0 amide bonds. The lowest BCUT2D eigenvalue weighted by atomic mass is 10.0. The van der Waals surface area contributed by atoms with E-state index in [-0.39, 0.29) is 0 Å². The Bertz CT molecular complexity index is 1780. The molecule has 0 saturated heterocycles. The highest BCUT2D eigenvalue weighted by Crippen LogP contribution is 2.33. The fraction of sp³-hybridized carbons (Fsp3) is 0. The number of hydrogen-bond acceptors (Lipinski definition) is 3. The number of para-hydroxylation sites is 3. The summed E-state index contributed by atoms with van der Waals surface area (Å²) in [6.45, 7) is 0. The number of nitrogens with zero attached hydrogens (tertiary/aromatic N) is 4. The maximum absolute atomic E-state index is 5.13. The molecule has 3 heterocycles. The van der Waals surface area contributed by atoms with E-state index in [2.05, 4.69) is 65.1 Å². The van der Waals surface area contributed by atoms with Crippen molar-refractivity contribution in [2.45, 2.75) is 0 Å². The fourth-order valence-electron chi connectivity index (χ4n) is 4.72. The van der Waals surface area contributed by atoms with Crippen molar-refractivity contribution in [3.63, 3.8) is 0 Å². The Morgan fingerprint density at radius 3 is 1.89 bits per heavy atom. The standard InChI is InChI=1S/C31H20N4/c1-3-11-21(12-4-1)23-19-27(22-13-5-2-6-14-22)32-28(20-23)31-33-25-16-8-7-15-24(25)30-34-26-17-9-10-18-29(26)35(30)31/h1-20H. The molecule has 0 saturated carbocycles. The lowest BCUT2D eigenvalue weighted by Crippen LogP contribution is -2.01. The zero-order valence-corrected chi connectivity index (χ0v) is 18.8. The highest BCUT2D eigenvalue weighted by Gasteiger charge is 2.17. The number of aromatic nitrogens is 4. The summed E-state index contributed by atoms with van der Waals surface area (Å²) in [6.07, 6.45) is 0. The molecule has 4 heteroatoms. The van der Waals surface area contributed by atoms with Crippen molar-refractivity contribution < 1.29 is 0 Å². The quantitative estimate of drug-likeness (QED) is 0.282. The zero-order valence-electron chi connectivity index (χ0n) is 18.8. The van der Waals surface area contributed by atoms with Crippen LogP contribution in [0.2, 0.25) is 0 Å². The number of imidazole rings is 1. The minimum absolute atomic E-state index is 0.780. The minimum atomic E-state index is 0.780. The van der Waals surface area contributed by atoms with Crippen LogP contribution in [0.3, 0.4) is 0 Å². The fourth-order valence-corrected chi connectivity index (χ4v) is 4.72. The van der Waals surface area contributed by atoms with E-state index in [1.807, 2.05) is 60.7 Å². The van der Waals surface area contributed by atoms with Crippen LogP contribution in [-0.4, -0.2) is 19.4 Å². The molecule has 164 valence electrons. The summed E-state index contributed by atoms with van der Waals surface area (Å²) in [6, 6.07) is 41.4. The van der Waals surface area contributed by atoms with Crippen LogP contribution in [0.5, 0.6) is 0 Å². The molecule has 0 unspecified atom stereocenters. The summed E-state index contributed by atoms with van der Waals surface area (Å²) >= 11 is 0. The van der Waals surface area contributed by atoms with Gasteiger partial charge in [-0.1, -0.05) is 84.9 Å². The average Bonchev–Trinajstić information content (AvgIpc) is 3.33. The lowest BCUT2D eigenvalue weighted by molar-refractivity contribution is 1.13. The normalized spacial score (nSPS) is 11.4. The molecule has 0 N–H and O–H groups in total. The predicted molar refractivity (Wildman–Crippen MR) is 142 cm³/mol. The van der Waals surface area contributed by atoms with Gasteiger partial charge in [-0.3, -0.25) is 4.40 Å². The monoisotopic (exact) mass is 448 g/mol. The van der Waals surface area contributed by atoms with Gasteiger partial charge in [0, 0.05) is 10.9 Å². The van der Waals surface area contributed by atoms with Gasteiger partial charge in [0.15, 0.2) is 5.82 Å². The lowest BCUT2D eigenvalue weighted by Gasteiger charge is -2.12. The second-order valence-electron chi connectivity index (χ2n) is 8.57. The van der Waals surface area contributed by atoms with E-state index in [0.717, 1.165) is 61.5 Å². The van der Waals surface area contributed by atoms with Gasteiger partial charge in [0.05, 0.1) is 22.2 Å². The van der Waals surface area contributed by atoms with Crippen LogP contribution < -0.4 is 0 Å². The van der Waals surface area contributed by atoms with E-state index in [9.17, 15) is 0 Å². The third kappa shape index (κ3) is 3.27. The van der Waals surface area contributed by atoms with Crippen molar-refractivity contribution in [1.82, 2.24) is 19.4 Å². The molecule has 7 rings (SSSR count). The van der Waals surface area contributed by atoms with Crippen molar-refractivity contribution in [3.8, 4) is 33.9 Å². The molecule has 4 aromatic carbocycles. The van der Waals surface area contributed by atoms with Crippen LogP contribution in [0.4, 0.5) is 0 Å². The second kappa shape index (κ2) is 7.89. The Kier molecular flexibility index (Phi) is 4.42. The summed E-state index contributed by atoms with van der Waals surface area (Å²) in [7, 11) is 0. The van der Waals surface area contributed by atoms with Gasteiger partial charge in [0.25, 0.3) is 0 Å². The number of hydrogen-bond donors (Lipinski definition) is 0. The molecule has 0 bridgehead atoms. The summed E-state index contributed by atoms with van der Waals surface area (Å²) < 4.78 is 2.14. The first-order valence-corrected chi connectivity index (χ1v) is 11.6. The maximum atomic E-state index is 5.13. The molecule has 0 aliphatic rings. The number of pyridine rings is 1. The largest absolute Gasteiger partial charge is 0.274 e. The number of rotatable bonds is 3. The van der Waals surface area contributed by atoms with Crippen LogP contribution in [0, 0.1) is 0 Å². The Labute approximate surface area is 202 Å². The molecule has 0 atom stereocenters. The van der Waals surface area contributed by atoms with Crippen LogP contribution >= 0.6 is 0 Å². The second-order valence-corrected chi connectivity index (χ2v) is 8.57. The average molecular weight is 449 g/mol. The smallest absolute Gasteiger partial charge is 0.165 e. The Hall–Kier alpha value is -4.83. The molecule has 0 aliphatic carbocycles. The van der Waals surface area contributed by atoms with Crippen LogP contribution in [0.1, 0.15) is 0 Å². The van der Waals surface area contributed by atoms with Gasteiger partial charge in [0.2, 0.25) is 0 Å². The zero-order chi connectivity index (χ0) is 23.2.